The zero-order chi connectivity index (χ0) is 20.2. The van der Waals surface area contributed by atoms with Crippen molar-refractivity contribution in [2.45, 2.75) is 53.4 Å². The van der Waals surface area contributed by atoms with Crippen LogP contribution in [0.2, 0.25) is 0 Å². The van der Waals surface area contributed by atoms with Gasteiger partial charge in [-0.2, -0.15) is 10.2 Å². The summed E-state index contributed by atoms with van der Waals surface area (Å²) in [6.07, 6.45) is 3.86. The predicted octanol–water partition coefficient (Wildman–Crippen LogP) is 3.09. The molecule has 0 aromatic carbocycles. The summed E-state index contributed by atoms with van der Waals surface area (Å²) in [5.74, 6) is -0.661. The molecule has 150 valence electrons. The number of nitrogens with zero attached hydrogens (tertiary/aromatic N) is 3. The van der Waals surface area contributed by atoms with Crippen LogP contribution in [0.5, 0.6) is 0 Å². The maximum absolute atomic E-state index is 11.4. The molecule has 8 nitrogen and oxygen atoms in total. The lowest BCUT2D eigenvalue weighted by Crippen LogP contribution is -2.10. The molecule has 1 N–H and O–H groups in total. The number of rotatable bonds is 8. The molecule has 8 heteroatoms. The van der Waals surface area contributed by atoms with Crippen molar-refractivity contribution in [2.75, 3.05) is 13.2 Å². The Morgan fingerprint density at radius 3 is 2.22 bits per heavy atom. The third-order valence-electron chi connectivity index (χ3n) is 3.56. The van der Waals surface area contributed by atoms with Gasteiger partial charge in [0.1, 0.15) is 5.69 Å². The number of carbonyl (C=O) groups excluding carboxylic acids is 2. The summed E-state index contributed by atoms with van der Waals surface area (Å²) in [6.45, 7) is 8.50. The molecule has 0 aliphatic rings. The maximum Gasteiger partial charge on any atom is 0.358 e. The minimum atomic E-state index is -0.360. The van der Waals surface area contributed by atoms with Crippen LogP contribution in [-0.4, -0.2) is 45.1 Å². The van der Waals surface area contributed by atoms with Gasteiger partial charge in [-0.25, -0.2) is 9.59 Å². The molecule has 0 amide bonds. The molecule has 2 rings (SSSR count). The van der Waals surface area contributed by atoms with E-state index in [1.807, 2.05) is 0 Å². The Kier molecular flexibility index (Phi) is 9.85. The van der Waals surface area contributed by atoms with Gasteiger partial charge >= 0.3 is 11.9 Å². The van der Waals surface area contributed by atoms with Crippen molar-refractivity contribution in [1.29, 1.82) is 0 Å². The van der Waals surface area contributed by atoms with Crippen molar-refractivity contribution in [3.8, 4) is 0 Å². The third kappa shape index (κ3) is 7.24. The van der Waals surface area contributed by atoms with Crippen LogP contribution in [0.25, 0.3) is 0 Å². The van der Waals surface area contributed by atoms with Gasteiger partial charge in [-0.05, 0) is 38.8 Å². The van der Waals surface area contributed by atoms with Crippen molar-refractivity contribution < 1.29 is 19.1 Å². The van der Waals surface area contributed by atoms with Crippen LogP contribution >= 0.6 is 0 Å². The molecule has 27 heavy (non-hydrogen) atoms. The molecule has 2 aromatic rings. The lowest BCUT2D eigenvalue weighted by Gasteiger charge is -2.00. The minimum Gasteiger partial charge on any atom is -0.461 e. The Bertz CT molecular complexity index is 721. The Morgan fingerprint density at radius 2 is 1.63 bits per heavy atom. The van der Waals surface area contributed by atoms with Crippen LogP contribution in [-0.2, 0) is 29.4 Å². The smallest absolute Gasteiger partial charge is 0.358 e. The first-order valence-electron chi connectivity index (χ1n) is 9.38. The van der Waals surface area contributed by atoms with Crippen LogP contribution in [0.15, 0.2) is 12.1 Å². The summed E-state index contributed by atoms with van der Waals surface area (Å²) >= 11 is 0. The number of carbonyl (C=O) groups is 2. The van der Waals surface area contributed by atoms with E-state index in [2.05, 4.69) is 29.1 Å². The van der Waals surface area contributed by atoms with Crippen LogP contribution in [0.1, 0.15) is 72.9 Å². The molecule has 2 aromatic heterocycles. The van der Waals surface area contributed by atoms with E-state index in [1.54, 1.807) is 37.7 Å². The van der Waals surface area contributed by atoms with Crippen molar-refractivity contribution in [3.05, 3.63) is 34.9 Å². The summed E-state index contributed by atoms with van der Waals surface area (Å²) in [4.78, 5) is 22.6. The lowest BCUT2D eigenvalue weighted by molar-refractivity contribution is 0.0506. The number of H-pyrrole nitrogens is 1. The highest BCUT2D eigenvalue weighted by atomic mass is 16.5. The number of esters is 2. The summed E-state index contributed by atoms with van der Waals surface area (Å²) in [7, 11) is 1.76. The second-order valence-corrected chi connectivity index (χ2v) is 5.86. The molecule has 0 atom stereocenters. The Morgan fingerprint density at radius 1 is 1.00 bits per heavy atom. The SMILES string of the molecule is CCCc1cc(C(=O)OCC)n(C)n1.CCCc1cc(C(=O)OCC)n[nH]1. The number of aromatic amines is 1. The standard InChI is InChI=1S/C10H16N2O2.C9H14N2O2/c1-4-6-8-7-9(12(3)11-8)10(13)14-5-2;1-3-5-7-6-8(11-10-7)9(12)13-4-2/h7H,4-6H2,1-3H3;6H,3-5H2,1-2H3,(H,10,11). The first kappa shape index (κ1) is 22.4. The molecule has 0 bridgehead atoms. The fourth-order valence-corrected chi connectivity index (χ4v) is 2.37. The number of nitrogens with one attached hydrogen (secondary N) is 1. The van der Waals surface area contributed by atoms with Gasteiger partial charge in [-0.1, -0.05) is 26.7 Å². The number of hydrogen-bond acceptors (Lipinski definition) is 6. The highest BCUT2D eigenvalue weighted by Gasteiger charge is 2.13. The fourth-order valence-electron chi connectivity index (χ4n) is 2.37. The summed E-state index contributed by atoms with van der Waals surface area (Å²) in [5.41, 5.74) is 2.81. The van der Waals surface area contributed by atoms with E-state index in [0.717, 1.165) is 37.1 Å². The zero-order valence-corrected chi connectivity index (χ0v) is 16.9. The van der Waals surface area contributed by atoms with Crippen molar-refractivity contribution >= 4 is 11.9 Å². The number of aromatic nitrogens is 4. The minimum absolute atomic E-state index is 0.301. The molecule has 0 radical (unpaired) electrons. The van der Waals surface area contributed by atoms with E-state index >= 15 is 0 Å². The molecule has 0 spiro atoms. The second-order valence-electron chi connectivity index (χ2n) is 5.86. The van der Waals surface area contributed by atoms with Gasteiger partial charge in [0.25, 0.3) is 0 Å². The summed E-state index contributed by atoms with van der Waals surface area (Å²) in [5, 5.41) is 10.9. The topological polar surface area (TPSA) is 99.1 Å². The van der Waals surface area contributed by atoms with E-state index in [9.17, 15) is 9.59 Å². The quantitative estimate of drug-likeness (QED) is 0.709. The Hall–Kier alpha value is -2.64. The van der Waals surface area contributed by atoms with Gasteiger partial charge in [-0.3, -0.25) is 9.78 Å². The zero-order valence-electron chi connectivity index (χ0n) is 16.9. The number of hydrogen-bond donors (Lipinski definition) is 1. The molecule has 2 heterocycles. The molecule has 0 fully saturated rings. The molecule has 0 aliphatic heterocycles. The van der Waals surface area contributed by atoms with Gasteiger partial charge in [0.05, 0.1) is 18.9 Å². The maximum atomic E-state index is 11.4. The summed E-state index contributed by atoms with van der Waals surface area (Å²) < 4.78 is 11.3. The van der Waals surface area contributed by atoms with E-state index in [-0.39, 0.29) is 11.9 Å². The van der Waals surface area contributed by atoms with Gasteiger partial charge in [0.2, 0.25) is 0 Å². The highest BCUT2D eigenvalue weighted by molar-refractivity contribution is 5.87. The number of ether oxygens (including phenoxy) is 2. The first-order chi connectivity index (χ1) is 13.0. The van der Waals surface area contributed by atoms with Crippen LogP contribution < -0.4 is 0 Å². The molecule has 0 saturated heterocycles. The van der Waals surface area contributed by atoms with Crippen molar-refractivity contribution in [2.24, 2.45) is 7.05 Å². The van der Waals surface area contributed by atoms with Gasteiger partial charge in [0, 0.05) is 12.7 Å². The van der Waals surface area contributed by atoms with Crippen LogP contribution in [0.3, 0.4) is 0 Å². The van der Waals surface area contributed by atoms with E-state index < -0.39 is 0 Å². The molecular formula is C19H30N4O4. The predicted molar refractivity (Wildman–Crippen MR) is 102 cm³/mol. The monoisotopic (exact) mass is 378 g/mol. The van der Waals surface area contributed by atoms with Crippen molar-refractivity contribution in [1.82, 2.24) is 20.0 Å². The van der Waals surface area contributed by atoms with Crippen LogP contribution in [0, 0.1) is 0 Å². The van der Waals surface area contributed by atoms with Gasteiger partial charge in [0.15, 0.2) is 5.69 Å². The van der Waals surface area contributed by atoms with Gasteiger partial charge in [-0.15, -0.1) is 0 Å². The highest BCUT2D eigenvalue weighted by Crippen LogP contribution is 2.07. The van der Waals surface area contributed by atoms with Crippen LogP contribution in [0.4, 0.5) is 0 Å². The average molecular weight is 378 g/mol. The lowest BCUT2D eigenvalue weighted by atomic mass is 10.2. The summed E-state index contributed by atoms with van der Waals surface area (Å²) in [6, 6.07) is 3.53. The van der Waals surface area contributed by atoms with E-state index in [1.165, 1.54) is 0 Å². The van der Waals surface area contributed by atoms with E-state index in [4.69, 9.17) is 9.47 Å². The number of aryl methyl sites for hydroxylation is 3. The molecule has 0 saturated carbocycles. The first-order valence-corrected chi connectivity index (χ1v) is 9.38. The normalized spacial score (nSPS) is 10.1. The Balaban J connectivity index is 0.000000271. The van der Waals surface area contributed by atoms with E-state index in [0.29, 0.717) is 24.6 Å². The van der Waals surface area contributed by atoms with Gasteiger partial charge < -0.3 is 9.47 Å². The molecule has 0 aliphatic carbocycles. The van der Waals surface area contributed by atoms with Crippen molar-refractivity contribution in [3.63, 3.8) is 0 Å². The second kappa shape index (κ2) is 11.9. The largest absolute Gasteiger partial charge is 0.461 e. The molecular weight excluding hydrogens is 348 g/mol. The average Bonchev–Trinajstić information content (AvgIpc) is 3.23. The third-order valence-corrected chi connectivity index (χ3v) is 3.56. The fraction of sp³-hybridized carbons (Fsp3) is 0.579. The molecule has 0 unspecified atom stereocenters. The Labute approximate surface area is 160 Å².